The number of hydrogen-bond donors (Lipinski definition) is 2. The second-order valence-corrected chi connectivity index (χ2v) is 10.0. The first-order valence-electron chi connectivity index (χ1n) is 12.4. The smallest absolute Gasteiger partial charge is 0.150 e. The molecule has 0 atom stereocenters. The monoisotopic (exact) mass is 496 g/mol. The molecule has 0 saturated carbocycles. The first-order valence-corrected chi connectivity index (χ1v) is 12.8. The maximum absolute atomic E-state index is 6.80. The van der Waals surface area contributed by atoms with Crippen LogP contribution in [0.25, 0.3) is 27.7 Å². The maximum atomic E-state index is 6.80. The Hall–Kier alpha value is -3.61. The lowest BCUT2D eigenvalue weighted by Gasteiger charge is -2.33. The quantitative estimate of drug-likeness (QED) is 0.304. The first kappa shape index (κ1) is 22.8. The van der Waals surface area contributed by atoms with Gasteiger partial charge in [0.25, 0.3) is 0 Å². The fourth-order valence-corrected chi connectivity index (χ4v) is 5.68. The Morgan fingerprint density at radius 1 is 0.972 bits per heavy atom. The van der Waals surface area contributed by atoms with E-state index in [1.54, 1.807) is 12.5 Å². The molecule has 2 aromatic heterocycles. The lowest BCUT2D eigenvalue weighted by Crippen LogP contribution is -2.38. The van der Waals surface area contributed by atoms with Gasteiger partial charge in [0.15, 0.2) is 0 Å². The Labute approximate surface area is 215 Å². The van der Waals surface area contributed by atoms with Crippen LogP contribution in [0, 0.1) is 6.92 Å². The molecule has 0 radical (unpaired) electrons. The molecule has 182 valence electrons. The van der Waals surface area contributed by atoms with Crippen LogP contribution < -0.4 is 11.1 Å². The summed E-state index contributed by atoms with van der Waals surface area (Å²) in [6.07, 6.45) is 5.68. The number of nitrogens with zero attached hydrogens (tertiary/aromatic N) is 4. The molecule has 3 aromatic carbocycles. The molecule has 1 aliphatic heterocycles. The molecular weight excluding hydrogens is 468 g/mol. The molecule has 3 N–H and O–H groups in total. The SMILES string of the molecule is Cc1cccc(Cl)c1-c1c(NC2CCN(Cc3ccccc3)CC2)ccc2c1nc(N)c1cncn12. The van der Waals surface area contributed by atoms with E-state index in [4.69, 9.17) is 22.3 Å². The lowest BCUT2D eigenvalue weighted by atomic mass is 9.95. The van der Waals surface area contributed by atoms with Crippen LogP contribution in [-0.4, -0.2) is 38.4 Å². The van der Waals surface area contributed by atoms with Crippen LogP contribution in [0.3, 0.4) is 0 Å². The number of likely N-dealkylation sites (tertiary alicyclic amines) is 1. The van der Waals surface area contributed by atoms with Gasteiger partial charge in [-0.1, -0.05) is 54.1 Å². The van der Waals surface area contributed by atoms with Crippen molar-refractivity contribution in [2.24, 2.45) is 0 Å². The molecule has 5 aromatic rings. The summed E-state index contributed by atoms with van der Waals surface area (Å²) in [5.41, 5.74) is 14.4. The van der Waals surface area contributed by atoms with Crippen LogP contribution >= 0.6 is 11.6 Å². The van der Waals surface area contributed by atoms with Crippen molar-refractivity contribution in [2.45, 2.75) is 32.4 Å². The second kappa shape index (κ2) is 9.45. The number of anilines is 2. The van der Waals surface area contributed by atoms with Crippen LogP contribution in [-0.2, 0) is 6.54 Å². The average molecular weight is 497 g/mol. The van der Waals surface area contributed by atoms with Crippen LogP contribution in [0.5, 0.6) is 0 Å². The largest absolute Gasteiger partial charge is 0.382 e. The Kier molecular flexibility index (Phi) is 5.99. The Bertz CT molecular complexity index is 1520. The van der Waals surface area contributed by atoms with Gasteiger partial charge in [-0.05, 0) is 49.1 Å². The van der Waals surface area contributed by atoms with Crippen LogP contribution in [0.15, 0.2) is 73.2 Å². The van der Waals surface area contributed by atoms with Gasteiger partial charge < -0.3 is 11.1 Å². The number of nitrogens with one attached hydrogen (secondary N) is 1. The Balaban J connectivity index is 1.36. The van der Waals surface area contributed by atoms with Gasteiger partial charge in [-0.25, -0.2) is 9.97 Å². The number of aromatic nitrogens is 3. The number of piperidine rings is 1. The number of nitrogen functional groups attached to an aromatic ring is 1. The molecular formula is C29H29ClN6. The normalized spacial score (nSPS) is 15.1. The van der Waals surface area contributed by atoms with E-state index in [9.17, 15) is 0 Å². The molecule has 7 heteroatoms. The predicted molar refractivity (Wildman–Crippen MR) is 148 cm³/mol. The molecule has 36 heavy (non-hydrogen) atoms. The summed E-state index contributed by atoms with van der Waals surface area (Å²) in [6.45, 7) is 5.20. The van der Waals surface area contributed by atoms with Crippen LogP contribution in [0.4, 0.5) is 11.5 Å². The highest BCUT2D eigenvalue weighted by Crippen LogP contribution is 2.41. The highest BCUT2D eigenvalue weighted by molar-refractivity contribution is 6.34. The molecule has 1 saturated heterocycles. The number of aryl methyl sites for hydroxylation is 1. The summed E-state index contributed by atoms with van der Waals surface area (Å²) in [7, 11) is 0. The van der Waals surface area contributed by atoms with Crippen molar-refractivity contribution in [3.05, 3.63) is 89.3 Å². The van der Waals surface area contributed by atoms with Crippen LogP contribution in [0.1, 0.15) is 24.0 Å². The molecule has 1 aliphatic rings. The van der Waals surface area contributed by atoms with Crippen molar-refractivity contribution in [1.82, 2.24) is 19.3 Å². The zero-order chi connectivity index (χ0) is 24.6. The van der Waals surface area contributed by atoms with Crippen molar-refractivity contribution < 1.29 is 0 Å². The van der Waals surface area contributed by atoms with Gasteiger partial charge in [0.2, 0.25) is 0 Å². The molecule has 0 amide bonds. The van der Waals surface area contributed by atoms with Gasteiger partial charge in [-0.3, -0.25) is 9.30 Å². The number of nitrogens with two attached hydrogens (primary N) is 1. The van der Waals surface area contributed by atoms with Crippen molar-refractivity contribution in [2.75, 3.05) is 24.1 Å². The van der Waals surface area contributed by atoms with Crippen molar-refractivity contribution in [3.63, 3.8) is 0 Å². The van der Waals surface area contributed by atoms with Crippen LogP contribution in [0.2, 0.25) is 5.02 Å². The topological polar surface area (TPSA) is 71.5 Å². The minimum atomic E-state index is 0.366. The Morgan fingerprint density at radius 2 is 1.78 bits per heavy atom. The zero-order valence-corrected chi connectivity index (χ0v) is 21.0. The molecule has 0 aliphatic carbocycles. The summed E-state index contributed by atoms with van der Waals surface area (Å²) >= 11 is 6.80. The van der Waals surface area contributed by atoms with E-state index >= 15 is 0 Å². The lowest BCUT2D eigenvalue weighted by molar-refractivity contribution is 0.211. The second-order valence-electron chi connectivity index (χ2n) is 9.61. The third-order valence-corrected chi connectivity index (χ3v) is 7.53. The standard InChI is InChI=1S/C29H29ClN6/c1-19-6-5-9-22(30)26(19)27-23(10-11-24-28(27)34-29(31)25-16-32-18-36(24)25)33-21-12-14-35(15-13-21)17-20-7-3-2-4-8-20/h2-11,16,18,21,33H,12-15,17H2,1H3,(H2,31,34). The number of imidazole rings is 1. The van der Waals surface area contributed by atoms with E-state index in [0.717, 1.165) is 71.4 Å². The first-order chi connectivity index (χ1) is 17.6. The fraction of sp³-hybridized carbons (Fsp3) is 0.241. The maximum Gasteiger partial charge on any atom is 0.150 e. The van der Waals surface area contributed by atoms with Gasteiger partial charge in [-0.15, -0.1) is 0 Å². The van der Waals surface area contributed by atoms with E-state index in [-0.39, 0.29) is 0 Å². The van der Waals surface area contributed by atoms with E-state index < -0.39 is 0 Å². The highest BCUT2D eigenvalue weighted by atomic mass is 35.5. The summed E-state index contributed by atoms with van der Waals surface area (Å²) in [5.74, 6) is 0.456. The molecule has 6 rings (SSSR count). The van der Waals surface area contributed by atoms with Gasteiger partial charge >= 0.3 is 0 Å². The summed E-state index contributed by atoms with van der Waals surface area (Å²) in [5, 5.41) is 4.55. The molecule has 0 bridgehead atoms. The van der Waals surface area contributed by atoms with Gasteiger partial charge in [0, 0.05) is 47.5 Å². The average Bonchev–Trinajstić information content (AvgIpc) is 3.38. The third-order valence-electron chi connectivity index (χ3n) is 7.22. The summed E-state index contributed by atoms with van der Waals surface area (Å²) in [4.78, 5) is 11.7. The molecule has 6 nitrogen and oxygen atoms in total. The highest BCUT2D eigenvalue weighted by Gasteiger charge is 2.23. The van der Waals surface area contributed by atoms with Crippen molar-refractivity contribution in [1.29, 1.82) is 0 Å². The number of hydrogen-bond acceptors (Lipinski definition) is 5. The third kappa shape index (κ3) is 4.16. The van der Waals surface area contributed by atoms with E-state index in [2.05, 4.69) is 70.7 Å². The van der Waals surface area contributed by atoms with Crippen molar-refractivity contribution >= 4 is 39.7 Å². The molecule has 0 unspecified atom stereocenters. The summed E-state index contributed by atoms with van der Waals surface area (Å²) < 4.78 is 2.00. The van der Waals surface area contributed by atoms with E-state index in [1.165, 1.54) is 5.56 Å². The molecule has 3 heterocycles. The van der Waals surface area contributed by atoms with Gasteiger partial charge in [-0.2, -0.15) is 0 Å². The number of fused-ring (bicyclic) bond motifs is 3. The predicted octanol–water partition coefficient (Wildman–Crippen LogP) is 6.17. The number of rotatable bonds is 5. The molecule has 1 fully saturated rings. The number of halogens is 1. The fourth-order valence-electron chi connectivity index (χ4n) is 5.36. The molecule has 0 spiro atoms. The van der Waals surface area contributed by atoms with E-state index in [1.807, 2.05) is 16.5 Å². The number of benzene rings is 3. The van der Waals surface area contributed by atoms with Gasteiger partial charge in [0.1, 0.15) is 11.3 Å². The zero-order valence-electron chi connectivity index (χ0n) is 20.3. The summed E-state index contributed by atoms with van der Waals surface area (Å²) in [6, 6.07) is 21.3. The van der Waals surface area contributed by atoms with Gasteiger partial charge in [0.05, 0.1) is 23.6 Å². The Morgan fingerprint density at radius 3 is 2.56 bits per heavy atom. The van der Waals surface area contributed by atoms with E-state index in [0.29, 0.717) is 16.9 Å². The minimum Gasteiger partial charge on any atom is -0.382 e. The van der Waals surface area contributed by atoms with Crippen molar-refractivity contribution in [3.8, 4) is 11.1 Å². The minimum absolute atomic E-state index is 0.366.